The Morgan fingerprint density at radius 1 is 1.43 bits per heavy atom. The van der Waals surface area contributed by atoms with E-state index < -0.39 is 11.7 Å². The van der Waals surface area contributed by atoms with Crippen LogP contribution in [0.15, 0.2) is 6.07 Å². The monoisotopic (exact) mass is 335 g/mol. The predicted octanol–water partition coefficient (Wildman–Crippen LogP) is 3.25. The summed E-state index contributed by atoms with van der Waals surface area (Å²) in [6.07, 6.45) is -0.325. The number of hydrogen-bond acceptors (Lipinski definition) is 6. The van der Waals surface area contributed by atoms with Crippen LogP contribution in [0, 0.1) is 13.8 Å². The van der Waals surface area contributed by atoms with Gasteiger partial charge in [-0.15, -0.1) is 21.5 Å². The lowest BCUT2D eigenvalue weighted by Crippen LogP contribution is -2.25. The van der Waals surface area contributed by atoms with Crippen molar-refractivity contribution in [3.8, 4) is 5.00 Å². The van der Waals surface area contributed by atoms with Crippen molar-refractivity contribution >= 4 is 17.3 Å². The van der Waals surface area contributed by atoms with Crippen LogP contribution in [0.4, 0.5) is 0 Å². The van der Waals surface area contributed by atoms with Crippen LogP contribution in [0.1, 0.15) is 55.4 Å². The summed E-state index contributed by atoms with van der Waals surface area (Å²) in [5.41, 5.74) is 0.588. The highest BCUT2D eigenvalue weighted by Crippen LogP contribution is 2.36. The highest BCUT2D eigenvalue weighted by Gasteiger charge is 2.31. The number of thiophene rings is 1. The second-order valence-corrected chi connectivity index (χ2v) is 7.95. The Morgan fingerprint density at radius 3 is 2.87 bits per heavy atom. The molecule has 2 aromatic heterocycles. The van der Waals surface area contributed by atoms with Gasteiger partial charge in [-0.25, -0.2) is 0 Å². The van der Waals surface area contributed by atoms with E-state index in [1.165, 1.54) is 4.88 Å². The minimum Gasteiger partial charge on any atom is -0.460 e. The molecule has 1 aliphatic heterocycles. The summed E-state index contributed by atoms with van der Waals surface area (Å²) in [6, 6.07) is 2.11. The average Bonchev–Trinajstić information content (AvgIpc) is 2.91. The second kappa shape index (κ2) is 5.72. The molecule has 1 atom stereocenters. The van der Waals surface area contributed by atoms with Gasteiger partial charge in [0.15, 0.2) is 5.82 Å². The number of esters is 1. The Labute approximate surface area is 139 Å². The average molecular weight is 335 g/mol. The van der Waals surface area contributed by atoms with Crippen molar-refractivity contribution in [3.63, 3.8) is 0 Å². The number of aromatic nitrogens is 3. The number of carbonyl (C=O) groups excluding carboxylic acids is 1. The summed E-state index contributed by atoms with van der Waals surface area (Å²) in [6.45, 7) is 9.99. The maximum absolute atomic E-state index is 12.2. The molecular weight excluding hydrogens is 314 g/mol. The largest absolute Gasteiger partial charge is 0.460 e. The number of ether oxygens (including phenoxy) is 2. The zero-order valence-corrected chi connectivity index (χ0v) is 14.9. The normalized spacial score (nSPS) is 17.3. The Hall–Kier alpha value is -1.73. The molecule has 7 heteroatoms. The van der Waals surface area contributed by atoms with Gasteiger partial charge in [0.25, 0.3) is 0 Å². The molecule has 23 heavy (non-hydrogen) atoms. The third-order valence-corrected chi connectivity index (χ3v) is 4.54. The lowest BCUT2D eigenvalue weighted by Gasteiger charge is -2.21. The molecule has 0 spiro atoms. The van der Waals surface area contributed by atoms with E-state index in [0.717, 1.165) is 16.4 Å². The van der Waals surface area contributed by atoms with Gasteiger partial charge in [0.05, 0.1) is 13.0 Å². The van der Waals surface area contributed by atoms with Crippen LogP contribution in [-0.4, -0.2) is 26.3 Å². The van der Waals surface area contributed by atoms with E-state index >= 15 is 0 Å². The molecule has 3 rings (SSSR count). The Bertz CT molecular complexity index is 742. The summed E-state index contributed by atoms with van der Waals surface area (Å²) in [4.78, 5) is 13.4. The van der Waals surface area contributed by atoms with Gasteiger partial charge in [0.2, 0.25) is 0 Å². The predicted molar refractivity (Wildman–Crippen MR) is 86.7 cm³/mol. The van der Waals surface area contributed by atoms with Crippen LogP contribution >= 0.6 is 11.3 Å². The quantitative estimate of drug-likeness (QED) is 0.788. The van der Waals surface area contributed by atoms with Crippen molar-refractivity contribution in [2.45, 2.75) is 59.4 Å². The van der Waals surface area contributed by atoms with Crippen LogP contribution in [-0.2, 0) is 20.9 Å². The topological polar surface area (TPSA) is 66.2 Å². The van der Waals surface area contributed by atoms with E-state index in [0.29, 0.717) is 12.4 Å². The molecule has 0 saturated carbocycles. The molecular formula is C16H21N3O3S. The second-order valence-electron chi connectivity index (χ2n) is 6.72. The third-order valence-electron chi connectivity index (χ3n) is 3.46. The van der Waals surface area contributed by atoms with Gasteiger partial charge in [0.1, 0.15) is 22.5 Å². The molecule has 124 valence electrons. The number of nitrogens with zero attached hydrogens (tertiary/aromatic N) is 3. The maximum atomic E-state index is 12.2. The molecule has 0 aromatic carbocycles. The van der Waals surface area contributed by atoms with E-state index in [9.17, 15) is 4.79 Å². The fourth-order valence-electron chi connectivity index (χ4n) is 2.64. The van der Waals surface area contributed by atoms with Gasteiger partial charge in [-0.1, -0.05) is 0 Å². The number of carbonyl (C=O) groups is 1. The summed E-state index contributed by atoms with van der Waals surface area (Å²) in [5.74, 6) is 1.16. The number of fused-ring (bicyclic) bond motifs is 3. The molecule has 0 aliphatic carbocycles. The number of rotatable bonds is 2. The van der Waals surface area contributed by atoms with Crippen LogP contribution in [0.25, 0.3) is 5.00 Å². The summed E-state index contributed by atoms with van der Waals surface area (Å²) < 4.78 is 13.4. The van der Waals surface area contributed by atoms with Gasteiger partial charge in [-0.05, 0) is 40.7 Å². The first-order chi connectivity index (χ1) is 10.7. The summed E-state index contributed by atoms with van der Waals surface area (Å²) >= 11 is 1.68. The molecule has 0 amide bonds. The molecule has 0 fully saturated rings. The molecule has 0 N–H and O–H groups in total. The highest BCUT2D eigenvalue weighted by atomic mass is 32.1. The first-order valence-electron chi connectivity index (χ1n) is 7.59. The molecule has 1 unspecified atom stereocenters. The SMILES string of the molecule is Cc1cc2c(s1)-n1c(C)nnc1C(CC(=O)OC(C)(C)C)OC2. The van der Waals surface area contributed by atoms with Crippen molar-refractivity contribution in [3.05, 3.63) is 28.2 Å². The molecule has 0 bridgehead atoms. The van der Waals surface area contributed by atoms with Crippen molar-refractivity contribution in [2.24, 2.45) is 0 Å². The molecule has 3 heterocycles. The smallest absolute Gasteiger partial charge is 0.309 e. The Kier molecular flexibility index (Phi) is 4.01. The van der Waals surface area contributed by atoms with Crippen LogP contribution in [0.3, 0.4) is 0 Å². The van der Waals surface area contributed by atoms with Crippen molar-refractivity contribution in [1.29, 1.82) is 0 Å². The zero-order chi connectivity index (χ0) is 16.8. The fourth-order valence-corrected chi connectivity index (χ4v) is 3.71. The van der Waals surface area contributed by atoms with Crippen LogP contribution in [0.2, 0.25) is 0 Å². The molecule has 0 radical (unpaired) electrons. The molecule has 1 aliphatic rings. The van der Waals surface area contributed by atoms with Crippen molar-refractivity contribution in [1.82, 2.24) is 14.8 Å². The summed E-state index contributed by atoms with van der Waals surface area (Å²) in [7, 11) is 0. The third kappa shape index (κ3) is 3.30. The van der Waals surface area contributed by atoms with E-state index in [2.05, 4.69) is 23.2 Å². The van der Waals surface area contributed by atoms with E-state index in [1.54, 1.807) is 11.3 Å². The lowest BCUT2D eigenvalue weighted by molar-refractivity contribution is -0.158. The Morgan fingerprint density at radius 2 is 2.17 bits per heavy atom. The standard InChI is InChI=1S/C16H21N3O3S/c1-9-6-11-8-21-12(7-13(20)22-16(3,4)5)14-18-17-10(2)19(14)15(11)23-9/h6,12H,7-8H2,1-5H3. The van der Waals surface area contributed by atoms with Crippen LogP contribution in [0.5, 0.6) is 0 Å². The number of hydrogen-bond donors (Lipinski definition) is 0. The minimum absolute atomic E-state index is 0.128. The maximum Gasteiger partial charge on any atom is 0.309 e. The lowest BCUT2D eigenvalue weighted by atomic mass is 10.2. The van der Waals surface area contributed by atoms with E-state index in [4.69, 9.17) is 9.47 Å². The van der Waals surface area contributed by atoms with E-state index in [-0.39, 0.29) is 12.4 Å². The first-order valence-corrected chi connectivity index (χ1v) is 8.41. The zero-order valence-electron chi connectivity index (χ0n) is 14.0. The van der Waals surface area contributed by atoms with Crippen molar-refractivity contribution < 1.29 is 14.3 Å². The first kappa shape index (κ1) is 16.1. The molecule has 2 aromatic rings. The minimum atomic E-state index is -0.513. The summed E-state index contributed by atoms with van der Waals surface area (Å²) in [5, 5.41) is 9.49. The van der Waals surface area contributed by atoms with Gasteiger partial charge < -0.3 is 9.47 Å². The fraction of sp³-hybridized carbons (Fsp3) is 0.562. The highest BCUT2D eigenvalue weighted by molar-refractivity contribution is 7.14. The van der Waals surface area contributed by atoms with Crippen LogP contribution < -0.4 is 0 Å². The van der Waals surface area contributed by atoms with Crippen molar-refractivity contribution in [2.75, 3.05) is 0 Å². The number of aryl methyl sites for hydroxylation is 2. The Balaban J connectivity index is 1.91. The van der Waals surface area contributed by atoms with Gasteiger partial charge >= 0.3 is 5.97 Å². The van der Waals surface area contributed by atoms with E-state index in [1.807, 2.05) is 32.3 Å². The van der Waals surface area contributed by atoms with Gasteiger partial charge in [-0.3, -0.25) is 9.36 Å². The molecule has 0 saturated heterocycles. The van der Waals surface area contributed by atoms with Gasteiger partial charge in [-0.2, -0.15) is 0 Å². The molecule has 6 nitrogen and oxygen atoms in total. The van der Waals surface area contributed by atoms with Gasteiger partial charge in [0, 0.05) is 10.4 Å².